The van der Waals surface area contributed by atoms with Crippen molar-refractivity contribution < 1.29 is 9.59 Å². The quantitative estimate of drug-likeness (QED) is 0.732. The predicted octanol–water partition coefficient (Wildman–Crippen LogP) is 4.71. The molecule has 2 amide bonds. The maximum atomic E-state index is 12.2. The first-order valence-corrected chi connectivity index (χ1v) is 8.78. The van der Waals surface area contributed by atoms with Crippen LogP contribution in [0.15, 0.2) is 60.7 Å². The normalized spacial score (nSPS) is 12.9. The summed E-state index contributed by atoms with van der Waals surface area (Å²) in [5.41, 5.74) is 1.63. The van der Waals surface area contributed by atoms with Crippen LogP contribution in [0, 0.1) is 11.8 Å². The van der Waals surface area contributed by atoms with E-state index in [1.165, 1.54) is 0 Å². The van der Waals surface area contributed by atoms with Crippen LogP contribution in [-0.2, 0) is 9.59 Å². The fourth-order valence-electron chi connectivity index (χ4n) is 2.57. The van der Waals surface area contributed by atoms with Gasteiger partial charge in [0.15, 0.2) is 0 Å². The van der Waals surface area contributed by atoms with Gasteiger partial charge in [-0.15, -0.1) is 0 Å². The fraction of sp³-hybridized carbons (Fsp3) is 0.333. The highest BCUT2D eigenvalue weighted by atomic mass is 16.2. The average molecular weight is 338 g/mol. The molecular weight excluding hydrogens is 312 g/mol. The van der Waals surface area contributed by atoms with Gasteiger partial charge >= 0.3 is 0 Å². The lowest BCUT2D eigenvalue weighted by atomic mass is 9.97. The zero-order valence-corrected chi connectivity index (χ0v) is 14.9. The van der Waals surface area contributed by atoms with Crippen molar-refractivity contribution in [2.75, 3.05) is 10.6 Å². The molecule has 0 heterocycles. The minimum Gasteiger partial charge on any atom is -0.326 e. The highest BCUT2D eigenvalue weighted by Gasteiger charge is 2.16. The smallest absolute Gasteiger partial charge is 0.227 e. The fourth-order valence-corrected chi connectivity index (χ4v) is 2.57. The first-order valence-electron chi connectivity index (χ1n) is 8.78. The zero-order valence-electron chi connectivity index (χ0n) is 14.9. The Labute approximate surface area is 149 Å². The molecule has 2 atom stereocenters. The molecular formula is C21H26N2O2. The molecule has 0 fully saturated rings. The van der Waals surface area contributed by atoms with Crippen LogP contribution in [0.1, 0.15) is 33.1 Å². The van der Waals surface area contributed by atoms with Crippen LogP contribution in [0.25, 0.3) is 0 Å². The minimum absolute atomic E-state index is 0.0209. The van der Waals surface area contributed by atoms with Gasteiger partial charge in [-0.2, -0.15) is 0 Å². The molecule has 4 nitrogen and oxygen atoms in total. The summed E-state index contributed by atoms with van der Waals surface area (Å²) in [6.07, 6.45) is 2.37. The van der Waals surface area contributed by atoms with Gasteiger partial charge in [0, 0.05) is 23.2 Å². The van der Waals surface area contributed by atoms with Crippen molar-refractivity contribution in [3.63, 3.8) is 0 Å². The summed E-state index contributed by atoms with van der Waals surface area (Å²) in [6, 6.07) is 18.9. The molecule has 2 aromatic carbocycles. The molecule has 25 heavy (non-hydrogen) atoms. The molecule has 2 unspecified atom stereocenters. The highest BCUT2D eigenvalue weighted by Crippen LogP contribution is 2.17. The summed E-state index contributed by atoms with van der Waals surface area (Å²) in [7, 11) is 0. The van der Waals surface area contributed by atoms with Crippen molar-refractivity contribution in [3.05, 3.63) is 60.7 Å². The van der Waals surface area contributed by atoms with Crippen molar-refractivity contribution in [3.8, 4) is 0 Å². The van der Waals surface area contributed by atoms with E-state index in [1.54, 1.807) is 0 Å². The number of carbonyl (C=O) groups excluding carboxylic acids is 2. The monoisotopic (exact) mass is 338 g/mol. The molecule has 132 valence electrons. The van der Waals surface area contributed by atoms with Gasteiger partial charge in [0.2, 0.25) is 11.8 Å². The van der Waals surface area contributed by atoms with Gasteiger partial charge < -0.3 is 10.6 Å². The molecule has 0 saturated heterocycles. The largest absolute Gasteiger partial charge is 0.326 e. The molecule has 0 aliphatic rings. The summed E-state index contributed by atoms with van der Waals surface area (Å²) in [6.45, 7) is 3.85. The maximum Gasteiger partial charge on any atom is 0.227 e. The van der Waals surface area contributed by atoms with Gasteiger partial charge in [0.05, 0.1) is 0 Å². The van der Waals surface area contributed by atoms with Crippen LogP contribution in [0.5, 0.6) is 0 Å². The lowest BCUT2D eigenvalue weighted by Gasteiger charge is -2.15. The van der Waals surface area contributed by atoms with Crippen LogP contribution in [0.2, 0.25) is 0 Å². The number of carbonyl (C=O) groups is 2. The van der Waals surface area contributed by atoms with E-state index < -0.39 is 0 Å². The minimum atomic E-state index is -0.0791. The van der Waals surface area contributed by atoms with Crippen molar-refractivity contribution in [2.24, 2.45) is 11.8 Å². The SMILES string of the molecule is CC(CCCC(C)C(=O)Nc1ccccc1)C(=O)Nc1ccccc1. The van der Waals surface area contributed by atoms with Gasteiger partial charge in [-0.3, -0.25) is 9.59 Å². The van der Waals surface area contributed by atoms with Crippen LogP contribution in [0.3, 0.4) is 0 Å². The molecule has 0 aliphatic carbocycles. The molecule has 0 aromatic heterocycles. The van der Waals surface area contributed by atoms with Gasteiger partial charge in [-0.25, -0.2) is 0 Å². The Balaban J connectivity index is 1.70. The van der Waals surface area contributed by atoms with Gasteiger partial charge in [-0.05, 0) is 37.1 Å². The molecule has 0 spiro atoms. The summed E-state index contributed by atoms with van der Waals surface area (Å²) in [4.78, 5) is 24.3. The first kappa shape index (κ1) is 18.7. The van der Waals surface area contributed by atoms with Crippen molar-refractivity contribution in [2.45, 2.75) is 33.1 Å². The van der Waals surface area contributed by atoms with E-state index in [4.69, 9.17) is 0 Å². The third-order valence-corrected chi connectivity index (χ3v) is 4.25. The van der Waals surface area contributed by atoms with Gasteiger partial charge in [0.1, 0.15) is 0 Å². The van der Waals surface area contributed by atoms with Crippen molar-refractivity contribution in [1.82, 2.24) is 0 Å². The van der Waals surface area contributed by atoms with Crippen molar-refractivity contribution in [1.29, 1.82) is 0 Å². The van der Waals surface area contributed by atoms with E-state index in [0.717, 1.165) is 30.6 Å². The summed E-state index contributed by atoms with van der Waals surface area (Å²) >= 11 is 0. The second kappa shape index (κ2) is 9.62. The van der Waals surface area contributed by atoms with Crippen LogP contribution in [-0.4, -0.2) is 11.8 Å². The molecule has 0 bridgehead atoms. The number of para-hydroxylation sites is 2. The Morgan fingerprint density at radius 2 is 1.08 bits per heavy atom. The van der Waals surface area contributed by atoms with E-state index in [2.05, 4.69) is 10.6 Å². The Bertz CT molecular complexity index is 611. The van der Waals surface area contributed by atoms with Crippen molar-refractivity contribution >= 4 is 23.2 Å². The lowest BCUT2D eigenvalue weighted by Crippen LogP contribution is -2.22. The van der Waals surface area contributed by atoms with E-state index >= 15 is 0 Å². The second-order valence-corrected chi connectivity index (χ2v) is 6.44. The van der Waals surface area contributed by atoms with E-state index in [9.17, 15) is 9.59 Å². The number of hydrogen-bond acceptors (Lipinski definition) is 2. The average Bonchev–Trinajstić information content (AvgIpc) is 2.63. The molecule has 2 N–H and O–H groups in total. The predicted molar refractivity (Wildman–Crippen MR) is 102 cm³/mol. The van der Waals surface area contributed by atoms with E-state index in [0.29, 0.717) is 0 Å². The summed E-state index contributed by atoms with van der Waals surface area (Å²) in [5, 5.41) is 5.83. The number of rotatable bonds is 8. The van der Waals surface area contributed by atoms with Crippen LogP contribution >= 0.6 is 0 Å². The highest BCUT2D eigenvalue weighted by molar-refractivity contribution is 5.92. The number of anilines is 2. The molecule has 0 aliphatic heterocycles. The summed E-state index contributed by atoms with van der Waals surface area (Å²) in [5.74, 6) is -0.116. The summed E-state index contributed by atoms with van der Waals surface area (Å²) < 4.78 is 0. The van der Waals surface area contributed by atoms with Crippen LogP contribution < -0.4 is 10.6 Å². The van der Waals surface area contributed by atoms with Gasteiger partial charge in [-0.1, -0.05) is 56.7 Å². The Morgan fingerprint density at radius 3 is 1.44 bits per heavy atom. The molecule has 2 aromatic rings. The molecule has 2 rings (SSSR count). The Kier molecular flexibility index (Phi) is 7.20. The molecule has 0 saturated carbocycles. The van der Waals surface area contributed by atoms with E-state index in [-0.39, 0.29) is 23.7 Å². The zero-order chi connectivity index (χ0) is 18.1. The Morgan fingerprint density at radius 1 is 0.720 bits per heavy atom. The first-order chi connectivity index (χ1) is 12.1. The maximum absolute atomic E-state index is 12.2. The standard InChI is InChI=1S/C21H26N2O2/c1-16(20(24)22-18-12-5-3-6-13-18)10-9-11-17(2)21(25)23-19-14-7-4-8-15-19/h3-8,12-17H,9-11H2,1-2H3,(H,22,24)(H,23,25). The van der Waals surface area contributed by atoms with Crippen LogP contribution in [0.4, 0.5) is 11.4 Å². The Hall–Kier alpha value is -2.62. The van der Waals surface area contributed by atoms with E-state index in [1.807, 2.05) is 74.5 Å². The molecule has 0 radical (unpaired) electrons. The second-order valence-electron chi connectivity index (χ2n) is 6.44. The van der Waals surface area contributed by atoms with Gasteiger partial charge in [0.25, 0.3) is 0 Å². The molecule has 4 heteroatoms. The number of nitrogens with one attached hydrogen (secondary N) is 2. The third-order valence-electron chi connectivity index (χ3n) is 4.25. The number of amides is 2. The topological polar surface area (TPSA) is 58.2 Å². The lowest BCUT2D eigenvalue weighted by molar-refractivity contribution is -0.119. The number of benzene rings is 2. The number of hydrogen-bond donors (Lipinski definition) is 2. The third kappa shape index (κ3) is 6.42.